The topological polar surface area (TPSA) is 124 Å². The van der Waals surface area contributed by atoms with Crippen LogP contribution in [0.4, 0.5) is 5.69 Å². The Labute approximate surface area is 189 Å². The largest absolute Gasteiger partial charge is 0.437 e. The lowest BCUT2D eigenvalue weighted by molar-refractivity contribution is 0.101. The van der Waals surface area contributed by atoms with Crippen molar-refractivity contribution in [2.45, 2.75) is 11.8 Å². The molecule has 162 valence electrons. The van der Waals surface area contributed by atoms with Crippen molar-refractivity contribution in [1.29, 1.82) is 0 Å². The second-order valence-electron chi connectivity index (χ2n) is 6.90. The van der Waals surface area contributed by atoms with E-state index in [1.165, 1.54) is 24.3 Å². The van der Waals surface area contributed by atoms with E-state index >= 15 is 0 Å². The average Bonchev–Trinajstić information content (AvgIpc) is 2.75. The molecule has 0 aliphatic carbocycles. The zero-order valence-corrected chi connectivity index (χ0v) is 18.3. The van der Waals surface area contributed by atoms with Crippen LogP contribution in [0.5, 0.6) is 11.6 Å². The maximum atomic E-state index is 13.1. The Morgan fingerprint density at radius 3 is 2.41 bits per heavy atom. The smallest absolute Gasteiger partial charge is 0.279 e. The molecule has 3 aromatic carbocycles. The molecule has 0 unspecified atom stereocenters. The van der Waals surface area contributed by atoms with Crippen molar-refractivity contribution in [3.63, 3.8) is 0 Å². The Morgan fingerprint density at radius 1 is 1.00 bits per heavy atom. The summed E-state index contributed by atoms with van der Waals surface area (Å²) in [6.45, 7) is 1.81. The van der Waals surface area contributed by atoms with Crippen LogP contribution in [0.3, 0.4) is 0 Å². The second kappa shape index (κ2) is 8.54. The van der Waals surface area contributed by atoms with Gasteiger partial charge in [-0.15, -0.1) is 0 Å². The van der Waals surface area contributed by atoms with E-state index in [9.17, 15) is 13.2 Å². The van der Waals surface area contributed by atoms with Gasteiger partial charge in [-0.2, -0.15) is 0 Å². The molecule has 0 fully saturated rings. The third-order valence-corrected chi connectivity index (χ3v) is 5.66. The molecule has 1 heterocycles. The summed E-state index contributed by atoms with van der Waals surface area (Å²) < 4.78 is 29.2. The number of primary sulfonamides is 1. The van der Waals surface area contributed by atoms with Gasteiger partial charge in [0.15, 0.2) is 5.69 Å². The SMILES string of the molecule is Cc1cc(Cl)ccc1Oc1nc2ccccc2nc1C(=O)Nc1cccc(S(N)(=O)=O)c1. The number of sulfonamides is 1. The van der Waals surface area contributed by atoms with Crippen LogP contribution in [0.25, 0.3) is 11.0 Å². The first kappa shape index (κ1) is 21.7. The lowest BCUT2D eigenvalue weighted by Gasteiger charge is -2.13. The molecule has 4 aromatic rings. The van der Waals surface area contributed by atoms with Crippen molar-refractivity contribution in [1.82, 2.24) is 9.97 Å². The van der Waals surface area contributed by atoms with Gasteiger partial charge in [0.25, 0.3) is 11.8 Å². The Balaban J connectivity index is 1.75. The highest BCUT2D eigenvalue weighted by atomic mass is 35.5. The van der Waals surface area contributed by atoms with Crippen LogP contribution in [-0.2, 0) is 10.0 Å². The molecule has 0 saturated heterocycles. The number of carbonyl (C=O) groups is 1. The predicted molar refractivity (Wildman–Crippen MR) is 122 cm³/mol. The fourth-order valence-corrected chi connectivity index (χ4v) is 3.76. The number of anilines is 1. The van der Waals surface area contributed by atoms with Gasteiger partial charge in [0, 0.05) is 10.7 Å². The first-order valence-corrected chi connectivity index (χ1v) is 11.3. The minimum Gasteiger partial charge on any atom is -0.437 e. The van der Waals surface area contributed by atoms with Crippen LogP contribution in [-0.4, -0.2) is 24.3 Å². The van der Waals surface area contributed by atoms with Crippen LogP contribution < -0.4 is 15.2 Å². The average molecular weight is 469 g/mol. The van der Waals surface area contributed by atoms with Crippen molar-refractivity contribution in [2.24, 2.45) is 5.14 Å². The first-order valence-electron chi connectivity index (χ1n) is 9.36. The fraction of sp³-hybridized carbons (Fsp3) is 0.0455. The molecule has 0 atom stereocenters. The highest BCUT2D eigenvalue weighted by molar-refractivity contribution is 7.89. The first-order chi connectivity index (χ1) is 15.2. The Bertz CT molecular complexity index is 1460. The number of fused-ring (bicyclic) bond motifs is 1. The Hall–Kier alpha value is -3.53. The number of ether oxygens (including phenoxy) is 1. The van der Waals surface area contributed by atoms with Crippen LogP contribution >= 0.6 is 11.6 Å². The zero-order valence-electron chi connectivity index (χ0n) is 16.7. The monoisotopic (exact) mass is 468 g/mol. The van der Waals surface area contributed by atoms with Crippen molar-refractivity contribution < 1.29 is 17.9 Å². The molecule has 10 heteroatoms. The summed E-state index contributed by atoms with van der Waals surface area (Å²) >= 11 is 6.02. The summed E-state index contributed by atoms with van der Waals surface area (Å²) in [5.74, 6) is -0.171. The van der Waals surface area contributed by atoms with E-state index in [1.54, 1.807) is 42.5 Å². The number of aromatic nitrogens is 2. The van der Waals surface area contributed by atoms with E-state index < -0.39 is 15.9 Å². The molecule has 0 spiro atoms. The van der Waals surface area contributed by atoms with Gasteiger partial charge in [0.2, 0.25) is 10.0 Å². The van der Waals surface area contributed by atoms with Crippen molar-refractivity contribution in [3.05, 3.63) is 83.0 Å². The summed E-state index contributed by atoms with van der Waals surface area (Å²) in [5, 5.41) is 8.34. The number of hydrogen-bond donors (Lipinski definition) is 2. The molecule has 3 N–H and O–H groups in total. The summed E-state index contributed by atoms with van der Waals surface area (Å²) in [5.41, 5.74) is 1.95. The third-order valence-electron chi connectivity index (χ3n) is 4.52. The zero-order chi connectivity index (χ0) is 22.9. The minimum absolute atomic E-state index is 0.00535. The highest BCUT2D eigenvalue weighted by Gasteiger charge is 2.20. The van der Waals surface area contributed by atoms with Gasteiger partial charge < -0.3 is 10.1 Å². The number of nitrogens with one attached hydrogen (secondary N) is 1. The number of amides is 1. The Morgan fingerprint density at radius 2 is 1.72 bits per heavy atom. The number of nitrogens with zero attached hydrogens (tertiary/aromatic N) is 2. The van der Waals surface area contributed by atoms with Crippen LogP contribution in [0.2, 0.25) is 5.02 Å². The standard InChI is InChI=1S/C22H17ClN4O4S/c1-13-11-14(23)9-10-19(13)31-22-20(26-17-7-2-3-8-18(17)27-22)21(28)25-15-5-4-6-16(12-15)32(24,29)30/h2-12H,1H3,(H,25,28)(H2,24,29,30). The van der Waals surface area contributed by atoms with Crippen molar-refractivity contribution >= 4 is 44.3 Å². The van der Waals surface area contributed by atoms with Crippen LogP contribution in [0.15, 0.2) is 71.6 Å². The number of aryl methyl sites for hydroxylation is 1. The van der Waals surface area contributed by atoms with Gasteiger partial charge >= 0.3 is 0 Å². The molecule has 32 heavy (non-hydrogen) atoms. The molecular weight excluding hydrogens is 452 g/mol. The van der Waals surface area contributed by atoms with Gasteiger partial charge in [0.05, 0.1) is 15.9 Å². The number of carbonyl (C=O) groups excluding carboxylic acids is 1. The molecule has 0 saturated carbocycles. The molecule has 0 aliphatic rings. The van der Waals surface area contributed by atoms with Gasteiger partial charge in [-0.3, -0.25) is 4.79 Å². The number of nitrogens with two attached hydrogens (primary N) is 1. The van der Waals surface area contributed by atoms with Crippen LogP contribution in [0.1, 0.15) is 16.1 Å². The van der Waals surface area contributed by atoms with Crippen molar-refractivity contribution in [3.8, 4) is 11.6 Å². The highest BCUT2D eigenvalue weighted by Crippen LogP contribution is 2.29. The van der Waals surface area contributed by atoms with E-state index in [1.807, 2.05) is 6.92 Å². The predicted octanol–water partition coefficient (Wildman–Crippen LogP) is 4.28. The molecule has 0 bridgehead atoms. The number of hydrogen-bond acceptors (Lipinski definition) is 6. The van der Waals surface area contributed by atoms with Gasteiger partial charge in [-0.25, -0.2) is 23.5 Å². The molecule has 0 aliphatic heterocycles. The number of rotatable bonds is 5. The van der Waals surface area contributed by atoms with E-state index in [4.69, 9.17) is 21.5 Å². The molecule has 1 amide bonds. The van der Waals surface area contributed by atoms with Gasteiger partial charge in [-0.05, 0) is 61.0 Å². The molecule has 4 rings (SSSR count). The maximum absolute atomic E-state index is 13.1. The number of benzene rings is 3. The maximum Gasteiger partial charge on any atom is 0.279 e. The number of halogens is 1. The minimum atomic E-state index is -3.93. The van der Waals surface area contributed by atoms with E-state index in [-0.39, 0.29) is 22.2 Å². The van der Waals surface area contributed by atoms with Crippen molar-refractivity contribution in [2.75, 3.05) is 5.32 Å². The summed E-state index contributed by atoms with van der Waals surface area (Å²) in [7, 11) is -3.93. The number of para-hydroxylation sites is 2. The summed E-state index contributed by atoms with van der Waals surface area (Å²) in [6.07, 6.45) is 0. The quantitative estimate of drug-likeness (QED) is 0.450. The van der Waals surface area contributed by atoms with Gasteiger partial charge in [0.1, 0.15) is 5.75 Å². The second-order valence-corrected chi connectivity index (χ2v) is 8.90. The lowest BCUT2D eigenvalue weighted by Crippen LogP contribution is -2.17. The molecular formula is C22H17ClN4O4S. The molecule has 0 radical (unpaired) electrons. The van der Waals surface area contributed by atoms with Crippen LogP contribution in [0, 0.1) is 6.92 Å². The molecule has 8 nitrogen and oxygen atoms in total. The van der Waals surface area contributed by atoms with E-state index in [0.29, 0.717) is 21.8 Å². The van der Waals surface area contributed by atoms with E-state index in [2.05, 4.69) is 15.3 Å². The molecule has 1 aromatic heterocycles. The summed E-state index contributed by atoms with van der Waals surface area (Å²) in [4.78, 5) is 21.8. The van der Waals surface area contributed by atoms with E-state index in [0.717, 1.165) is 5.56 Å². The fourth-order valence-electron chi connectivity index (χ4n) is 2.98. The van der Waals surface area contributed by atoms with Gasteiger partial charge in [-0.1, -0.05) is 29.8 Å². The third kappa shape index (κ3) is 4.70. The normalized spacial score (nSPS) is 11.3. The lowest BCUT2D eigenvalue weighted by atomic mass is 10.2. The summed E-state index contributed by atoms with van der Waals surface area (Å²) in [6, 6.07) is 17.7. The Kier molecular flexibility index (Phi) is 5.79.